The minimum absolute atomic E-state index is 0.0626. The van der Waals surface area contributed by atoms with Crippen molar-refractivity contribution < 1.29 is 24.1 Å². The van der Waals surface area contributed by atoms with Crippen molar-refractivity contribution >= 4 is 0 Å². The highest BCUT2D eigenvalue weighted by molar-refractivity contribution is 5.46. The summed E-state index contributed by atoms with van der Waals surface area (Å²) in [4.78, 5) is 0. The highest BCUT2D eigenvalue weighted by Gasteiger charge is 2.30. The molecule has 2 aliphatic heterocycles. The van der Waals surface area contributed by atoms with E-state index in [1.807, 2.05) is 6.07 Å². The maximum Gasteiger partial charge on any atom is 0.161 e. The second kappa shape index (κ2) is 10.5. The van der Waals surface area contributed by atoms with E-state index >= 15 is 0 Å². The number of rotatable bonds is 8. The van der Waals surface area contributed by atoms with Gasteiger partial charge in [0.25, 0.3) is 0 Å². The monoisotopic (exact) mass is 426 g/mol. The first-order valence-electron chi connectivity index (χ1n) is 11.6. The van der Waals surface area contributed by atoms with E-state index in [1.165, 1.54) is 16.7 Å². The van der Waals surface area contributed by atoms with Gasteiger partial charge in [0.05, 0.1) is 24.9 Å². The second-order valence-electron chi connectivity index (χ2n) is 8.48. The molecular formula is C26H34O5. The molecule has 31 heavy (non-hydrogen) atoms. The number of aliphatic hydroxyl groups excluding tert-OH is 1. The quantitative estimate of drug-likeness (QED) is 0.625. The fraction of sp³-hybridized carbons (Fsp3) is 0.538. The summed E-state index contributed by atoms with van der Waals surface area (Å²) in [5.74, 6) is 1.65. The van der Waals surface area contributed by atoms with Crippen LogP contribution in [0, 0.1) is 0 Å². The van der Waals surface area contributed by atoms with Crippen molar-refractivity contribution in [3.63, 3.8) is 0 Å². The number of benzene rings is 2. The Morgan fingerprint density at radius 2 is 1.81 bits per heavy atom. The Morgan fingerprint density at radius 3 is 2.61 bits per heavy atom. The zero-order valence-electron chi connectivity index (χ0n) is 18.6. The minimum atomic E-state index is -0.360. The van der Waals surface area contributed by atoms with Crippen LogP contribution in [0.15, 0.2) is 36.4 Å². The lowest BCUT2D eigenvalue weighted by Crippen LogP contribution is -2.34. The Bertz CT molecular complexity index is 865. The Balaban J connectivity index is 1.51. The number of aryl methyl sites for hydroxylation is 1. The summed E-state index contributed by atoms with van der Waals surface area (Å²) < 4.78 is 23.4. The lowest BCUT2D eigenvalue weighted by Gasteiger charge is -2.33. The van der Waals surface area contributed by atoms with Gasteiger partial charge >= 0.3 is 0 Å². The zero-order chi connectivity index (χ0) is 21.6. The standard InChI is InChI=1S/C26H34O5/c1-3-9-28-17-23-15-22(27)16-25(31-23)20-7-6-19(4-2)21(14-20)12-18-5-8-24-26(13-18)30-11-10-29-24/h5-8,13-14,22-23,25,27H,3-4,9-12,15-17H2,1-2H3. The second-order valence-corrected chi connectivity index (χ2v) is 8.48. The number of aliphatic hydroxyl groups is 1. The van der Waals surface area contributed by atoms with Crippen LogP contribution < -0.4 is 9.47 Å². The maximum atomic E-state index is 10.4. The average Bonchev–Trinajstić information content (AvgIpc) is 2.79. The number of fused-ring (bicyclic) bond motifs is 1. The molecule has 1 fully saturated rings. The van der Waals surface area contributed by atoms with E-state index in [-0.39, 0.29) is 18.3 Å². The molecule has 3 unspecified atom stereocenters. The van der Waals surface area contributed by atoms with Gasteiger partial charge in [-0.3, -0.25) is 0 Å². The van der Waals surface area contributed by atoms with E-state index in [2.05, 4.69) is 44.2 Å². The Hall–Kier alpha value is -2.08. The summed E-state index contributed by atoms with van der Waals surface area (Å²) in [6.07, 6.45) is 3.52. The Kier molecular flexibility index (Phi) is 7.49. The molecule has 5 heteroatoms. The predicted molar refractivity (Wildman–Crippen MR) is 120 cm³/mol. The minimum Gasteiger partial charge on any atom is -0.486 e. The van der Waals surface area contributed by atoms with Crippen LogP contribution in [0.2, 0.25) is 0 Å². The van der Waals surface area contributed by atoms with Gasteiger partial charge in [-0.05, 0) is 53.6 Å². The number of hydrogen-bond donors (Lipinski definition) is 1. The normalized spacial score (nSPS) is 23.0. The average molecular weight is 427 g/mol. The molecule has 1 saturated heterocycles. The van der Waals surface area contributed by atoms with Gasteiger partial charge in [-0.25, -0.2) is 0 Å². The molecule has 0 spiro atoms. The van der Waals surface area contributed by atoms with Gasteiger partial charge in [0.15, 0.2) is 11.5 Å². The molecule has 168 valence electrons. The topological polar surface area (TPSA) is 57.2 Å². The smallest absolute Gasteiger partial charge is 0.161 e. The lowest BCUT2D eigenvalue weighted by molar-refractivity contribution is -0.123. The third-order valence-electron chi connectivity index (χ3n) is 6.01. The highest BCUT2D eigenvalue weighted by Crippen LogP contribution is 2.35. The molecule has 3 atom stereocenters. The lowest BCUT2D eigenvalue weighted by atomic mass is 9.91. The predicted octanol–water partition coefficient (Wildman–Crippen LogP) is 4.62. The van der Waals surface area contributed by atoms with Crippen LogP contribution >= 0.6 is 0 Å². The summed E-state index contributed by atoms with van der Waals surface area (Å²) >= 11 is 0. The fourth-order valence-electron chi connectivity index (χ4n) is 4.44. The molecular weight excluding hydrogens is 392 g/mol. The molecule has 2 heterocycles. The van der Waals surface area contributed by atoms with E-state index in [4.69, 9.17) is 18.9 Å². The molecule has 2 aromatic carbocycles. The van der Waals surface area contributed by atoms with Gasteiger partial charge in [0, 0.05) is 19.4 Å². The molecule has 0 aromatic heterocycles. The Labute approximate surface area is 185 Å². The van der Waals surface area contributed by atoms with Gasteiger partial charge in [-0.15, -0.1) is 0 Å². The molecule has 1 N–H and O–H groups in total. The third-order valence-corrected chi connectivity index (χ3v) is 6.01. The van der Waals surface area contributed by atoms with Crippen molar-refractivity contribution in [2.24, 2.45) is 0 Å². The van der Waals surface area contributed by atoms with Crippen LogP contribution in [-0.2, 0) is 22.3 Å². The molecule has 0 aliphatic carbocycles. The zero-order valence-corrected chi connectivity index (χ0v) is 18.6. The van der Waals surface area contributed by atoms with Gasteiger partial charge in [-0.2, -0.15) is 0 Å². The van der Waals surface area contributed by atoms with Crippen molar-refractivity contribution in [1.82, 2.24) is 0 Å². The maximum absolute atomic E-state index is 10.4. The van der Waals surface area contributed by atoms with Crippen molar-refractivity contribution in [3.05, 3.63) is 58.7 Å². The summed E-state index contributed by atoms with van der Waals surface area (Å²) in [6, 6.07) is 12.8. The third kappa shape index (κ3) is 5.59. The summed E-state index contributed by atoms with van der Waals surface area (Å²) in [5, 5.41) is 10.4. The van der Waals surface area contributed by atoms with Gasteiger partial charge in [-0.1, -0.05) is 38.1 Å². The van der Waals surface area contributed by atoms with Gasteiger partial charge in [0.1, 0.15) is 13.2 Å². The van der Waals surface area contributed by atoms with E-state index in [0.29, 0.717) is 32.7 Å². The van der Waals surface area contributed by atoms with Crippen LogP contribution in [0.1, 0.15) is 61.5 Å². The molecule has 0 saturated carbocycles. The largest absolute Gasteiger partial charge is 0.486 e. The summed E-state index contributed by atoms with van der Waals surface area (Å²) in [6.45, 7) is 6.74. The van der Waals surface area contributed by atoms with Crippen molar-refractivity contribution in [2.75, 3.05) is 26.4 Å². The SMILES string of the molecule is CCCOCC1CC(O)CC(c2ccc(CC)c(Cc3ccc4c(c3)OCCO4)c2)O1. The van der Waals surface area contributed by atoms with Crippen molar-refractivity contribution in [2.45, 2.75) is 64.3 Å². The molecule has 0 bridgehead atoms. The van der Waals surface area contributed by atoms with Crippen LogP contribution in [0.5, 0.6) is 11.5 Å². The van der Waals surface area contributed by atoms with Crippen molar-refractivity contribution in [1.29, 1.82) is 0 Å². The van der Waals surface area contributed by atoms with Gasteiger partial charge < -0.3 is 24.1 Å². The fourth-order valence-corrected chi connectivity index (χ4v) is 4.44. The molecule has 4 rings (SSSR count). The molecule has 0 amide bonds. The molecule has 2 aromatic rings. The first-order chi connectivity index (χ1) is 15.2. The summed E-state index contributed by atoms with van der Waals surface area (Å²) in [7, 11) is 0. The molecule has 0 radical (unpaired) electrons. The van der Waals surface area contributed by atoms with Crippen LogP contribution in [0.4, 0.5) is 0 Å². The molecule has 5 nitrogen and oxygen atoms in total. The number of ether oxygens (including phenoxy) is 4. The van der Waals surface area contributed by atoms with Gasteiger partial charge in [0.2, 0.25) is 0 Å². The Morgan fingerprint density at radius 1 is 0.968 bits per heavy atom. The first kappa shape index (κ1) is 22.1. The van der Waals surface area contributed by atoms with E-state index in [9.17, 15) is 5.11 Å². The summed E-state index contributed by atoms with van der Waals surface area (Å²) in [5.41, 5.74) is 4.95. The first-order valence-corrected chi connectivity index (χ1v) is 11.6. The van der Waals surface area contributed by atoms with E-state index in [1.54, 1.807) is 0 Å². The van der Waals surface area contributed by atoms with Crippen LogP contribution in [-0.4, -0.2) is 43.7 Å². The van der Waals surface area contributed by atoms with E-state index < -0.39 is 0 Å². The molecule has 2 aliphatic rings. The van der Waals surface area contributed by atoms with Crippen LogP contribution in [0.25, 0.3) is 0 Å². The number of hydrogen-bond acceptors (Lipinski definition) is 5. The van der Waals surface area contributed by atoms with Crippen molar-refractivity contribution in [3.8, 4) is 11.5 Å². The highest BCUT2D eigenvalue weighted by atomic mass is 16.6. The van der Waals surface area contributed by atoms with E-state index in [0.717, 1.165) is 42.9 Å². The van der Waals surface area contributed by atoms with Crippen LogP contribution in [0.3, 0.4) is 0 Å².